The summed E-state index contributed by atoms with van der Waals surface area (Å²) in [4.78, 5) is 9.21. The number of hydrogen-bond acceptors (Lipinski definition) is 7. The fraction of sp³-hybridized carbons (Fsp3) is 0.0357. The summed E-state index contributed by atoms with van der Waals surface area (Å²) in [7, 11) is -3.89. The lowest BCUT2D eigenvalue weighted by Crippen LogP contribution is -2.13. The molecule has 6 rings (SSSR count). The maximum atomic E-state index is 12.8. The molecule has 5 aromatic rings. The Bertz CT molecular complexity index is 1820. The first-order chi connectivity index (χ1) is 18.4. The van der Waals surface area contributed by atoms with Gasteiger partial charge in [0.1, 0.15) is 17.3 Å². The van der Waals surface area contributed by atoms with Crippen LogP contribution in [-0.4, -0.2) is 34.4 Å². The van der Waals surface area contributed by atoms with Crippen molar-refractivity contribution in [3.63, 3.8) is 0 Å². The van der Waals surface area contributed by atoms with E-state index >= 15 is 0 Å². The Kier molecular flexibility index (Phi) is 5.65. The Labute approximate surface area is 218 Å². The summed E-state index contributed by atoms with van der Waals surface area (Å²) >= 11 is 0. The molecule has 3 aromatic carbocycles. The van der Waals surface area contributed by atoms with Gasteiger partial charge in [-0.25, -0.2) is 13.4 Å². The van der Waals surface area contributed by atoms with Gasteiger partial charge in [-0.3, -0.25) is 14.3 Å². The van der Waals surface area contributed by atoms with Crippen LogP contribution in [0.1, 0.15) is 17.0 Å². The molecule has 9 nitrogen and oxygen atoms in total. The van der Waals surface area contributed by atoms with Crippen LogP contribution >= 0.6 is 0 Å². The van der Waals surface area contributed by atoms with Crippen molar-refractivity contribution in [2.45, 2.75) is 11.8 Å². The average molecular weight is 524 g/mol. The topological polar surface area (TPSA) is 123 Å². The number of allylic oxidation sites excluding steroid dienone is 1. The molecule has 0 fully saturated rings. The molecule has 1 aliphatic rings. The maximum Gasteiger partial charge on any atom is 0.263 e. The third kappa shape index (κ3) is 4.27. The number of nitrogens with one attached hydrogen (secondary N) is 1. The minimum atomic E-state index is -3.89. The van der Waals surface area contributed by atoms with Crippen LogP contribution in [0, 0.1) is 6.92 Å². The molecule has 0 amide bonds. The number of sulfonamides is 1. The average Bonchev–Trinajstić information content (AvgIpc) is 3.62. The quantitative estimate of drug-likeness (QED) is 0.299. The third-order valence-corrected chi connectivity index (χ3v) is 7.40. The minimum Gasteiger partial charge on any atom is -0.493 e. The van der Waals surface area contributed by atoms with Crippen LogP contribution in [0.4, 0.5) is 11.5 Å². The van der Waals surface area contributed by atoms with Crippen molar-refractivity contribution in [2.24, 2.45) is 4.99 Å². The van der Waals surface area contributed by atoms with E-state index < -0.39 is 10.0 Å². The fourth-order valence-electron chi connectivity index (χ4n) is 4.24. The number of rotatable bonds is 6. The highest BCUT2D eigenvalue weighted by Gasteiger charge is 2.22. The summed E-state index contributed by atoms with van der Waals surface area (Å²) in [6.45, 7) is 1.67. The Hall–Kier alpha value is -4.96. The number of anilines is 1. The first-order valence-electron chi connectivity index (χ1n) is 11.7. The second-order valence-corrected chi connectivity index (χ2v) is 10.3. The molecule has 0 unspecified atom stereocenters. The lowest BCUT2D eigenvalue weighted by Gasteiger charge is -2.11. The maximum absolute atomic E-state index is 12.8. The molecule has 0 spiro atoms. The molecule has 0 saturated heterocycles. The number of hydrogen-bond donors (Lipinski definition) is 2. The standard InChI is InChI=1S/C28H21N5O4S/c1-18-15-26(31-37-18)32-38(35,36)22-13-11-21(12-14-22)33-27(19-7-3-2-4-8-19)30-25(28(33)34)16-20-17-29-24-10-6-5-9-23(20)24/h2-17,34H,1H3,(H,31,32)/b20-16+. The predicted molar refractivity (Wildman–Crippen MR) is 145 cm³/mol. The molecular formula is C28H21N5O4S. The lowest BCUT2D eigenvalue weighted by atomic mass is 10.1. The minimum absolute atomic E-state index is 0.0314. The van der Waals surface area contributed by atoms with Crippen molar-refractivity contribution in [1.29, 1.82) is 0 Å². The van der Waals surface area contributed by atoms with Gasteiger partial charge in [-0.2, -0.15) is 0 Å². The zero-order valence-electron chi connectivity index (χ0n) is 20.1. The number of fused-ring (bicyclic) bond motifs is 1. The molecular weight excluding hydrogens is 502 g/mol. The molecule has 1 aliphatic heterocycles. The first-order valence-corrected chi connectivity index (χ1v) is 13.2. The van der Waals surface area contributed by atoms with E-state index in [0.29, 0.717) is 23.0 Å². The third-order valence-electron chi connectivity index (χ3n) is 6.03. The van der Waals surface area contributed by atoms with Gasteiger partial charge in [-0.15, -0.1) is 0 Å². The summed E-state index contributed by atoms with van der Waals surface area (Å²) in [5, 5.41) is 15.0. The molecule has 10 heteroatoms. The summed E-state index contributed by atoms with van der Waals surface area (Å²) in [5.74, 6) is 1.01. The Morgan fingerprint density at radius 3 is 2.45 bits per heavy atom. The number of aryl methyl sites for hydroxylation is 1. The zero-order chi connectivity index (χ0) is 26.3. The lowest BCUT2D eigenvalue weighted by molar-refractivity contribution is 0.400. The van der Waals surface area contributed by atoms with E-state index in [9.17, 15) is 13.5 Å². The number of benzene rings is 3. The zero-order valence-corrected chi connectivity index (χ0v) is 20.9. The van der Waals surface area contributed by atoms with Crippen LogP contribution in [0.25, 0.3) is 28.7 Å². The highest BCUT2D eigenvalue weighted by molar-refractivity contribution is 7.92. The van der Waals surface area contributed by atoms with Crippen molar-refractivity contribution in [2.75, 3.05) is 4.72 Å². The van der Waals surface area contributed by atoms with Crippen LogP contribution < -0.4 is 4.72 Å². The molecule has 188 valence electrons. The van der Waals surface area contributed by atoms with E-state index in [0.717, 1.165) is 22.4 Å². The van der Waals surface area contributed by atoms with Gasteiger partial charge < -0.3 is 9.63 Å². The fourth-order valence-corrected chi connectivity index (χ4v) is 5.22. The van der Waals surface area contributed by atoms with Gasteiger partial charge in [-0.05, 0) is 43.3 Å². The van der Waals surface area contributed by atoms with E-state index in [1.54, 1.807) is 35.9 Å². The van der Waals surface area contributed by atoms with Gasteiger partial charge in [0.15, 0.2) is 5.82 Å². The monoisotopic (exact) mass is 523 g/mol. The Morgan fingerprint density at radius 1 is 0.974 bits per heavy atom. The van der Waals surface area contributed by atoms with E-state index in [2.05, 4.69) is 14.9 Å². The normalized spacial score (nSPS) is 13.7. The van der Waals surface area contributed by atoms with Gasteiger partial charge in [0.2, 0.25) is 5.88 Å². The van der Waals surface area contributed by atoms with Gasteiger partial charge >= 0.3 is 0 Å². The SMILES string of the molecule is Cc1cc(NS(=O)(=O)c2ccc(-n3c(-c4ccccc4)nc(/C=C4\C=Nc5ccccc54)c3O)cc2)no1. The number of aromatic hydroxyl groups is 1. The van der Waals surface area contributed by atoms with Gasteiger partial charge in [0, 0.05) is 29.0 Å². The number of para-hydroxylation sites is 1. The first kappa shape index (κ1) is 23.4. The Balaban J connectivity index is 1.41. The summed E-state index contributed by atoms with van der Waals surface area (Å²) < 4.78 is 34.6. The van der Waals surface area contributed by atoms with Crippen molar-refractivity contribution in [3.05, 3.63) is 102 Å². The highest BCUT2D eigenvalue weighted by atomic mass is 32.2. The van der Waals surface area contributed by atoms with Crippen LogP contribution in [0.3, 0.4) is 0 Å². The molecule has 0 atom stereocenters. The van der Waals surface area contributed by atoms with Crippen molar-refractivity contribution in [1.82, 2.24) is 14.7 Å². The second kappa shape index (κ2) is 9.16. The molecule has 0 bridgehead atoms. The van der Waals surface area contributed by atoms with Crippen LogP contribution in [0.5, 0.6) is 5.88 Å². The van der Waals surface area contributed by atoms with E-state index in [4.69, 9.17) is 9.51 Å². The molecule has 0 aliphatic carbocycles. The molecule has 2 aromatic heterocycles. The highest BCUT2D eigenvalue weighted by Crippen LogP contribution is 2.36. The van der Waals surface area contributed by atoms with Crippen molar-refractivity contribution < 1.29 is 18.0 Å². The van der Waals surface area contributed by atoms with Crippen LogP contribution in [0.2, 0.25) is 0 Å². The number of nitrogens with zero attached hydrogens (tertiary/aromatic N) is 4. The van der Waals surface area contributed by atoms with Crippen molar-refractivity contribution in [3.8, 4) is 23.0 Å². The van der Waals surface area contributed by atoms with Gasteiger partial charge in [-0.1, -0.05) is 53.7 Å². The smallest absolute Gasteiger partial charge is 0.263 e. The van der Waals surface area contributed by atoms with Crippen LogP contribution in [0.15, 0.2) is 99.3 Å². The Morgan fingerprint density at radius 2 is 1.71 bits per heavy atom. The number of aromatic nitrogens is 3. The van der Waals surface area contributed by atoms with Crippen LogP contribution in [-0.2, 0) is 10.0 Å². The largest absolute Gasteiger partial charge is 0.493 e. The van der Waals surface area contributed by atoms with Crippen molar-refractivity contribution >= 4 is 39.4 Å². The molecule has 38 heavy (non-hydrogen) atoms. The van der Waals surface area contributed by atoms with E-state index in [1.165, 1.54) is 18.2 Å². The summed E-state index contributed by atoms with van der Waals surface area (Å²) in [5.41, 5.74) is 4.32. The van der Waals surface area contributed by atoms with E-state index in [1.807, 2.05) is 54.6 Å². The number of aliphatic imine (C=N–C) groups is 1. The molecule has 3 heterocycles. The predicted octanol–water partition coefficient (Wildman–Crippen LogP) is 5.60. The summed E-state index contributed by atoms with van der Waals surface area (Å²) in [6.07, 6.45) is 3.53. The molecule has 0 radical (unpaired) electrons. The summed E-state index contributed by atoms with van der Waals surface area (Å²) in [6, 6.07) is 24.8. The van der Waals surface area contributed by atoms with E-state index in [-0.39, 0.29) is 16.6 Å². The number of imidazole rings is 1. The van der Waals surface area contributed by atoms with Gasteiger partial charge in [0.05, 0.1) is 16.3 Å². The second-order valence-electron chi connectivity index (χ2n) is 8.64. The molecule has 0 saturated carbocycles. The van der Waals surface area contributed by atoms with Gasteiger partial charge in [0.25, 0.3) is 10.0 Å². The molecule has 2 N–H and O–H groups in total.